The number of amides is 1. The van der Waals surface area contributed by atoms with Crippen LogP contribution in [0.15, 0.2) is 60.0 Å². The molecule has 3 heterocycles. The summed E-state index contributed by atoms with van der Waals surface area (Å²) in [6.07, 6.45) is 6.95. The lowest BCUT2D eigenvalue weighted by molar-refractivity contribution is -0.154. The molecule has 0 spiro atoms. The van der Waals surface area contributed by atoms with Crippen LogP contribution in [0.3, 0.4) is 0 Å². The maximum atomic E-state index is 14.1. The Bertz CT molecular complexity index is 1500. The molecule has 9 nitrogen and oxygen atoms in total. The van der Waals surface area contributed by atoms with Crippen molar-refractivity contribution in [3.8, 4) is 5.75 Å². The Labute approximate surface area is 201 Å². The third-order valence-electron chi connectivity index (χ3n) is 7.33. The van der Waals surface area contributed by atoms with Gasteiger partial charge >= 0.3 is 0 Å². The number of carbonyl (C=O) groups is 2. The number of hydrogen-bond acceptors (Lipinski definition) is 7. The number of ether oxygens (including phenoxy) is 1. The van der Waals surface area contributed by atoms with Gasteiger partial charge in [0.1, 0.15) is 5.75 Å². The van der Waals surface area contributed by atoms with Gasteiger partial charge in [-0.2, -0.15) is 5.10 Å². The second-order valence-corrected chi connectivity index (χ2v) is 9.62. The second-order valence-electron chi connectivity index (χ2n) is 9.62. The monoisotopic (exact) mass is 471 g/mol. The smallest absolute Gasteiger partial charge is 0.270 e. The van der Waals surface area contributed by atoms with Crippen molar-refractivity contribution in [3.63, 3.8) is 0 Å². The average Bonchev–Trinajstić information content (AvgIpc) is 3.45. The lowest BCUT2D eigenvalue weighted by Gasteiger charge is -2.35. The molecule has 0 fully saturated rings. The minimum absolute atomic E-state index is 0.201. The molecule has 1 amide bonds. The number of nitrogens with one attached hydrogen (secondary N) is 1. The second kappa shape index (κ2) is 7.10. The molecule has 1 aromatic carbocycles. The Balaban J connectivity index is 1.54. The summed E-state index contributed by atoms with van der Waals surface area (Å²) < 4.78 is 7.69. The number of ketones is 1. The quantitative estimate of drug-likeness (QED) is 0.533. The Kier molecular flexibility index (Phi) is 4.40. The van der Waals surface area contributed by atoms with E-state index in [1.54, 1.807) is 41.9 Å². The first kappa shape index (κ1) is 21.7. The van der Waals surface area contributed by atoms with Gasteiger partial charge in [-0.1, -0.05) is 38.1 Å². The first-order valence-corrected chi connectivity index (χ1v) is 11.6. The maximum absolute atomic E-state index is 14.1. The SMILES string of the molecule is Cc1c(C(=O)NC23C(=O)C4=C(C=CCC4N)C2(O)Oc2cc(C(C)C)ccc23)cnc2ccnn12. The van der Waals surface area contributed by atoms with Gasteiger partial charge in [0, 0.05) is 35.0 Å². The fourth-order valence-corrected chi connectivity index (χ4v) is 5.43. The lowest BCUT2D eigenvalue weighted by Crippen LogP contribution is -2.63. The summed E-state index contributed by atoms with van der Waals surface area (Å²) in [6, 6.07) is 6.56. The first-order valence-electron chi connectivity index (χ1n) is 11.6. The van der Waals surface area contributed by atoms with Crippen LogP contribution in [-0.2, 0) is 10.3 Å². The minimum Gasteiger partial charge on any atom is -0.454 e. The van der Waals surface area contributed by atoms with Crippen LogP contribution in [0.25, 0.3) is 5.65 Å². The largest absolute Gasteiger partial charge is 0.454 e. The molecule has 4 N–H and O–H groups in total. The van der Waals surface area contributed by atoms with Crippen LogP contribution in [0.2, 0.25) is 0 Å². The minimum atomic E-state index is -2.14. The Morgan fingerprint density at radius 2 is 2.14 bits per heavy atom. The van der Waals surface area contributed by atoms with Gasteiger partial charge in [-0.25, -0.2) is 9.50 Å². The molecule has 35 heavy (non-hydrogen) atoms. The number of benzene rings is 1. The standard InChI is InChI=1S/C26H25N5O4/c1-13(2)15-7-8-17-20(11-15)35-26(34)18-5-4-6-19(27)22(18)23(32)25(17,26)30-24(33)16-12-28-21-9-10-29-31(21)14(16)3/h4-5,7-13,19,34H,6,27H2,1-3H3,(H,30,33). The highest BCUT2D eigenvalue weighted by Gasteiger charge is 2.72. The number of nitrogens with two attached hydrogens (primary N) is 1. The van der Waals surface area contributed by atoms with Gasteiger partial charge in [-0.3, -0.25) is 9.59 Å². The highest BCUT2D eigenvalue weighted by atomic mass is 16.6. The number of aliphatic hydroxyl groups is 1. The molecule has 2 aromatic heterocycles. The summed E-state index contributed by atoms with van der Waals surface area (Å²) in [5.74, 6) is -2.64. The molecule has 2 aliphatic carbocycles. The van der Waals surface area contributed by atoms with E-state index >= 15 is 0 Å². The maximum Gasteiger partial charge on any atom is 0.270 e. The number of Topliss-reactive ketones (excluding diaryl/α,β-unsaturated/α-hetero) is 1. The molecule has 1 aliphatic heterocycles. The normalized spacial score (nSPS) is 26.7. The number of hydrogen-bond donors (Lipinski definition) is 3. The van der Waals surface area contributed by atoms with Crippen molar-refractivity contribution in [2.45, 2.75) is 50.5 Å². The summed E-state index contributed by atoms with van der Waals surface area (Å²) in [5, 5.41) is 19.1. The Morgan fingerprint density at radius 3 is 2.91 bits per heavy atom. The van der Waals surface area contributed by atoms with E-state index in [4.69, 9.17) is 10.5 Å². The van der Waals surface area contributed by atoms with Gasteiger partial charge in [0.15, 0.2) is 11.4 Å². The molecule has 3 atom stereocenters. The summed E-state index contributed by atoms with van der Waals surface area (Å²) in [6.45, 7) is 5.83. The molecule has 0 saturated heterocycles. The molecular weight excluding hydrogens is 446 g/mol. The van der Waals surface area contributed by atoms with Crippen molar-refractivity contribution >= 4 is 17.3 Å². The molecule has 178 valence electrons. The van der Waals surface area contributed by atoms with Crippen molar-refractivity contribution in [2.75, 3.05) is 0 Å². The number of aromatic nitrogens is 3. The highest BCUT2D eigenvalue weighted by Crippen LogP contribution is 2.57. The van der Waals surface area contributed by atoms with E-state index in [1.165, 1.54) is 6.20 Å². The summed E-state index contributed by atoms with van der Waals surface area (Å²) in [7, 11) is 0. The fourth-order valence-electron chi connectivity index (χ4n) is 5.43. The van der Waals surface area contributed by atoms with Crippen LogP contribution in [0.1, 0.15) is 53.4 Å². The van der Waals surface area contributed by atoms with Gasteiger partial charge in [0.2, 0.25) is 5.54 Å². The van der Waals surface area contributed by atoms with E-state index in [0.29, 0.717) is 29.1 Å². The Morgan fingerprint density at radius 1 is 1.34 bits per heavy atom. The van der Waals surface area contributed by atoms with Gasteiger partial charge in [0.05, 0.1) is 17.5 Å². The number of fused-ring (bicyclic) bond motifs is 5. The van der Waals surface area contributed by atoms with E-state index < -0.39 is 29.1 Å². The molecule has 0 bridgehead atoms. The predicted molar refractivity (Wildman–Crippen MR) is 127 cm³/mol. The van der Waals surface area contributed by atoms with Crippen LogP contribution < -0.4 is 15.8 Å². The van der Waals surface area contributed by atoms with Crippen LogP contribution >= 0.6 is 0 Å². The molecule has 3 aromatic rings. The zero-order chi connectivity index (χ0) is 24.7. The summed E-state index contributed by atoms with van der Waals surface area (Å²) >= 11 is 0. The van der Waals surface area contributed by atoms with Crippen molar-refractivity contribution in [1.29, 1.82) is 0 Å². The van der Waals surface area contributed by atoms with E-state index in [0.717, 1.165) is 5.56 Å². The summed E-state index contributed by atoms with van der Waals surface area (Å²) in [5.41, 5.74) is 7.70. The van der Waals surface area contributed by atoms with Gasteiger partial charge < -0.3 is 20.9 Å². The number of rotatable bonds is 3. The van der Waals surface area contributed by atoms with E-state index in [9.17, 15) is 14.7 Å². The number of aryl methyl sites for hydroxylation is 1. The van der Waals surface area contributed by atoms with Crippen molar-refractivity contribution < 1.29 is 19.4 Å². The van der Waals surface area contributed by atoms with E-state index in [1.807, 2.05) is 26.0 Å². The topological polar surface area (TPSA) is 132 Å². The van der Waals surface area contributed by atoms with Gasteiger partial charge in [-0.15, -0.1) is 0 Å². The van der Waals surface area contributed by atoms with Crippen molar-refractivity contribution in [3.05, 3.63) is 82.3 Å². The van der Waals surface area contributed by atoms with Crippen LogP contribution in [0, 0.1) is 6.92 Å². The van der Waals surface area contributed by atoms with Crippen LogP contribution in [-0.4, -0.2) is 43.2 Å². The van der Waals surface area contributed by atoms with E-state index in [2.05, 4.69) is 15.4 Å². The van der Waals surface area contributed by atoms with Gasteiger partial charge in [-0.05, 0) is 30.9 Å². The van der Waals surface area contributed by atoms with Crippen LogP contribution in [0.5, 0.6) is 5.75 Å². The predicted octanol–water partition coefficient (Wildman–Crippen LogP) is 2.03. The van der Waals surface area contributed by atoms with Gasteiger partial charge in [0.25, 0.3) is 11.7 Å². The highest BCUT2D eigenvalue weighted by molar-refractivity contribution is 6.14. The van der Waals surface area contributed by atoms with Crippen molar-refractivity contribution in [2.24, 2.45) is 5.73 Å². The van der Waals surface area contributed by atoms with E-state index in [-0.39, 0.29) is 22.6 Å². The third-order valence-corrected chi connectivity index (χ3v) is 7.33. The molecule has 0 radical (unpaired) electrons. The van der Waals surface area contributed by atoms with Crippen molar-refractivity contribution in [1.82, 2.24) is 19.9 Å². The summed E-state index contributed by atoms with van der Waals surface area (Å²) in [4.78, 5) is 32.1. The molecule has 0 saturated carbocycles. The molecular formula is C26H25N5O4. The fraction of sp³-hybridized carbons (Fsp3) is 0.308. The zero-order valence-electron chi connectivity index (χ0n) is 19.6. The molecule has 9 heteroatoms. The first-order chi connectivity index (χ1) is 16.7. The zero-order valence-corrected chi connectivity index (χ0v) is 19.6. The molecule has 3 aliphatic rings. The van der Waals surface area contributed by atoms with Crippen LogP contribution in [0.4, 0.5) is 0 Å². The molecule has 3 unspecified atom stereocenters. The Hall–Kier alpha value is -3.82. The number of nitrogens with zero attached hydrogens (tertiary/aromatic N) is 3. The number of carbonyl (C=O) groups excluding carboxylic acids is 2. The lowest BCUT2D eigenvalue weighted by atomic mass is 9.80. The third kappa shape index (κ3) is 2.65. The average molecular weight is 472 g/mol. The molecule has 6 rings (SSSR count).